The Morgan fingerprint density at radius 2 is 1.95 bits per heavy atom. The number of hydrogen-bond acceptors (Lipinski definition) is 4. The summed E-state index contributed by atoms with van der Waals surface area (Å²) >= 11 is 0. The predicted molar refractivity (Wildman–Crippen MR) is 72.4 cm³/mol. The third kappa shape index (κ3) is 1.77. The van der Waals surface area contributed by atoms with Gasteiger partial charge in [-0.1, -0.05) is 0 Å². The standard InChI is InChI=1S/C12H14N6O2/c1-15-10-9(11(19)16(2)12(15)20)17(8-13-10)6-7-18-5-3-4-14-18/h3-5,8H,6-7H2,1-2H3. The lowest BCUT2D eigenvalue weighted by atomic mass is 10.5. The average molecular weight is 274 g/mol. The van der Waals surface area contributed by atoms with Crippen molar-refractivity contribution < 1.29 is 0 Å². The van der Waals surface area contributed by atoms with Gasteiger partial charge in [0.15, 0.2) is 11.2 Å². The molecule has 0 amide bonds. The minimum absolute atomic E-state index is 0.332. The van der Waals surface area contributed by atoms with Gasteiger partial charge in [-0.15, -0.1) is 0 Å². The first-order chi connectivity index (χ1) is 9.59. The van der Waals surface area contributed by atoms with E-state index in [9.17, 15) is 9.59 Å². The molecule has 8 heteroatoms. The highest BCUT2D eigenvalue weighted by atomic mass is 16.2. The predicted octanol–water partition coefficient (Wildman–Crippen LogP) is -0.670. The number of aromatic nitrogens is 6. The van der Waals surface area contributed by atoms with Crippen molar-refractivity contribution in [3.63, 3.8) is 0 Å². The van der Waals surface area contributed by atoms with Crippen LogP contribution in [0.2, 0.25) is 0 Å². The molecule has 0 aliphatic rings. The minimum atomic E-state index is -0.375. The Balaban J connectivity index is 2.09. The summed E-state index contributed by atoms with van der Waals surface area (Å²) in [5.41, 5.74) is 0.126. The number of aryl methyl sites for hydroxylation is 3. The average Bonchev–Trinajstić information content (AvgIpc) is 3.09. The Kier molecular flexibility index (Phi) is 2.78. The highest BCUT2D eigenvalue weighted by Crippen LogP contribution is 2.05. The fraction of sp³-hybridized carbons (Fsp3) is 0.333. The van der Waals surface area contributed by atoms with Crippen molar-refractivity contribution in [3.05, 3.63) is 45.6 Å². The molecule has 0 spiro atoms. The van der Waals surface area contributed by atoms with E-state index < -0.39 is 0 Å². The highest BCUT2D eigenvalue weighted by Gasteiger charge is 2.13. The molecule has 3 aromatic rings. The Hall–Kier alpha value is -2.64. The van der Waals surface area contributed by atoms with Gasteiger partial charge in [0.25, 0.3) is 5.56 Å². The van der Waals surface area contributed by atoms with Crippen LogP contribution in [0, 0.1) is 0 Å². The molecule has 0 radical (unpaired) electrons. The van der Waals surface area contributed by atoms with Gasteiger partial charge in [-0.05, 0) is 6.07 Å². The molecule has 0 atom stereocenters. The van der Waals surface area contributed by atoms with E-state index in [-0.39, 0.29) is 11.2 Å². The van der Waals surface area contributed by atoms with Crippen molar-refractivity contribution in [2.45, 2.75) is 13.1 Å². The van der Waals surface area contributed by atoms with Crippen LogP contribution in [0.15, 0.2) is 34.4 Å². The molecule has 0 aliphatic heterocycles. The van der Waals surface area contributed by atoms with Crippen LogP contribution in [0.1, 0.15) is 0 Å². The van der Waals surface area contributed by atoms with Crippen LogP contribution >= 0.6 is 0 Å². The molecular weight excluding hydrogens is 260 g/mol. The molecule has 0 bridgehead atoms. The van der Waals surface area contributed by atoms with E-state index in [2.05, 4.69) is 10.1 Å². The lowest BCUT2D eigenvalue weighted by Crippen LogP contribution is -2.37. The Bertz CT molecular complexity index is 868. The number of fused-ring (bicyclic) bond motifs is 1. The largest absolute Gasteiger partial charge is 0.332 e. The molecule has 0 N–H and O–H groups in total. The van der Waals surface area contributed by atoms with Crippen molar-refractivity contribution in [3.8, 4) is 0 Å². The van der Waals surface area contributed by atoms with E-state index >= 15 is 0 Å². The van der Waals surface area contributed by atoms with Gasteiger partial charge in [0.05, 0.1) is 12.9 Å². The summed E-state index contributed by atoms with van der Waals surface area (Å²) in [7, 11) is 3.07. The number of hydrogen-bond donors (Lipinski definition) is 0. The fourth-order valence-electron chi connectivity index (χ4n) is 2.21. The lowest BCUT2D eigenvalue weighted by Gasteiger charge is -2.06. The molecule has 3 heterocycles. The second-order valence-electron chi connectivity index (χ2n) is 4.59. The van der Waals surface area contributed by atoms with Gasteiger partial charge in [0.2, 0.25) is 0 Å². The van der Waals surface area contributed by atoms with Crippen molar-refractivity contribution in [1.82, 2.24) is 28.5 Å². The van der Waals surface area contributed by atoms with E-state index in [1.165, 1.54) is 11.6 Å². The quantitative estimate of drug-likeness (QED) is 0.634. The third-order valence-electron chi connectivity index (χ3n) is 3.35. The normalized spacial score (nSPS) is 11.3. The van der Waals surface area contributed by atoms with Crippen LogP contribution in [-0.2, 0) is 27.2 Å². The van der Waals surface area contributed by atoms with E-state index in [1.807, 2.05) is 12.3 Å². The molecule has 0 aromatic carbocycles. The maximum atomic E-state index is 12.2. The Labute approximate surface area is 113 Å². The van der Waals surface area contributed by atoms with Gasteiger partial charge in [0, 0.05) is 33.0 Å². The lowest BCUT2D eigenvalue weighted by molar-refractivity contribution is 0.539. The fourth-order valence-corrected chi connectivity index (χ4v) is 2.21. The Morgan fingerprint density at radius 1 is 1.15 bits per heavy atom. The van der Waals surface area contributed by atoms with Crippen molar-refractivity contribution in [1.29, 1.82) is 0 Å². The summed E-state index contributed by atoms with van der Waals surface area (Å²) in [6.07, 6.45) is 5.14. The maximum Gasteiger partial charge on any atom is 0.332 e. The van der Waals surface area contributed by atoms with Crippen molar-refractivity contribution in [2.75, 3.05) is 0 Å². The van der Waals surface area contributed by atoms with E-state index in [4.69, 9.17) is 0 Å². The number of rotatable bonds is 3. The molecule has 0 saturated heterocycles. The summed E-state index contributed by atoms with van der Waals surface area (Å²) < 4.78 is 5.99. The first kappa shape index (κ1) is 12.4. The first-order valence-corrected chi connectivity index (χ1v) is 6.18. The van der Waals surface area contributed by atoms with Gasteiger partial charge in [-0.25, -0.2) is 9.78 Å². The maximum absolute atomic E-state index is 12.2. The molecule has 0 fully saturated rings. The van der Waals surface area contributed by atoms with Gasteiger partial charge in [-0.2, -0.15) is 5.10 Å². The van der Waals surface area contributed by atoms with Crippen LogP contribution in [0.25, 0.3) is 11.2 Å². The van der Waals surface area contributed by atoms with E-state index in [0.717, 1.165) is 4.57 Å². The molecule has 104 valence electrons. The van der Waals surface area contributed by atoms with Gasteiger partial charge in [-0.3, -0.25) is 18.6 Å². The molecule has 0 saturated carbocycles. The van der Waals surface area contributed by atoms with Crippen molar-refractivity contribution >= 4 is 11.2 Å². The minimum Gasteiger partial charge on any atom is -0.323 e. The zero-order valence-corrected chi connectivity index (χ0v) is 11.2. The first-order valence-electron chi connectivity index (χ1n) is 6.18. The summed E-state index contributed by atoms with van der Waals surface area (Å²) in [4.78, 5) is 28.2. The zero-order valence-electron chi connectivity index (χ0n) is 11.2. The molecule has 0 unspecified atom stereocenters. The summed E-state index contributed by atoms with van der Waals surface area (Å²) in [6, 6.07) is 1.84. The molecule has 3 aromatic heterocycles. The number of imidazole rings is 1. The van der Waals surface area contributed by atoms with Gasteiger partial charge < -0.3 is 4.57 Å². The van der Waals surface area contributed by atoms with Crippen LogP contribution in [-0.4, -0.2) is 28.5 Å². The topological polar surface area (TPSA) is 79.6 Å². The third-order valence-corrected chi connectivity index (χ3v) is 3.35. The SMILES string of the molecule is Cn1c(=O)c2c(ncn2CCn2cccn2)n(C)c1=O. The van der Waals surface area contributed by atoms with Gasteiger partial charge in [0.1, 0.15) is 0 Å². The summed E-state index contributed by atoms with van der Waals surface area (Å²) in [6.45, 7) is 1.19. The monoisotopic (exact) mass is 274 g/mol. The molecule has 3 rings (SSSR count). The second kappa shape index (κ2) is 4.48. The second-order valence-corrected chi connectivity index (χ2v) is 4.59. The van der Waals surface area contributed by atoms with Crippen LogP contribution < -0.4 is 11.2 Å². The van der Waals surface area contributed by atoms with Crippen molar-refractivity contribution in [2.24, 2.45) is 14.1 Å². The van der Waals surface area contributed by atoms with E-state index in [1.54, 1.807) is 28.8 Å². The highest BCUT2D eigenvalue weighted by molar-refractivity contribution is 5.69. The smallest absolute Gasteiger partial charge is 0.323 e. The molecular formula is C12H14N6O2. The Morgan fingerprint density at radius 3 is 2.65 bits per heavy atom. The molecule has 20 heavy (non-hydrogen) atoms. The number of nitrogens with zero attached hydrogens (tertiary/aromatic N) is 6. The van der Waals surface area contributed by atoms with Crippen LogP contribution in [0.3, 0.4) is 0 Å². The summed E-state index contributed by atoms with van der Waals surface area (Å²) in [5.74, 6) is 0. The van der Waals surface area contributed by atoms with Crippen LogP contribution in [0.4, 0.5) is 0 Å². The van der Waals surface area contributed by atoms with E-state index in [0.29, 0.717) is 24.3 Å². The summed E-state index contributed by atoms with van der Waals surface area (Å²) in [5, 5.41) is 4.11. The molecule has 8 nitrogen and oxygen atoms in total. The van der Waals surface area contributed by atoms with Crippen LogP contribution in [0.5, 0.6) is 0 Å². The zero-order chi connectivity index (χ0) is 14.3. The molecule has 0 aliphatic carbocycles. The van der Waals surface area contributed by atoms with Gasteiger partial charge >= 0.3 is 5.69 Å².